The van der Waals surface area contributed by atoms with Gasteiger partial charge in [-0.15, -0.1) is 0 Å². The molecule has 2 N–H and O–H groups in total. The van der Waals surface area contributed by atoms with Gasteiger partial charge in [0.2, 0.25) is 5.91 Å². The maximum atomic E-state index is 12.3. The van der Waals surface area contributed by atoms with Crippen molar-refractivity contribution in [2.24, 2.45) is 5.73 Å². The Bertz CT molecular complexity index is 319. The molecule has 2 aliphatic rings. The van der Waals surface area contributed by atoms with Crippen LogP contribution in [0.5, 0.6) is 0 Å². The Kier molecular flexibility index (Phi) is 6.93. The third-order valence-electron chi connectivity index (χ3n) is 4.62. The fourth-order valence-corrected chi connectivity index (χ4v) is 3.38. The van der Waals surface area contributed by atoms with Gasteiger partial charge in [0.15, 0.2) is 0 Å². The first-order valence-corrected chi connectivity index (χ1v) is 8.58. The minimum atomic E-state index is 0.172. The summed E-state index contributed by atoms with van der Waals surface area (Å²) in [5, 5.41) is 0. The first-order chi connectivity index (χ1) is 10.2. The summed E-state index contributed by atoms with van der Waals surface area (Å²) >= 11 is 0. The largest absolute Gasteiger partial charge is 0.377 e. The van der Waals surface area contributed by atoms with Crippen molar-refractivity contribution in [3.05, 3.63) is 0 Å². The summed E-state index contributed by atoms with van der Waals surface area (Å²) in [5.74, 6) is 0.277. The molecule has 0 aromatic carbocycles. The highest BCUT2D eigenvalue weighted by Crippen LogP contribution is 2.19. The summed E-state index contributed by atoms with van der Waals surface area (Å²) in [6.45, 7) is 7.35. The number of carbonyl (C=O) groups is 1. The topological polar surface area (TPSA) is 58.8 Å². The van der Waals surface area contributed by atoms with Crippen LogP contribution in [-0.2, 0) is 9.53 Å². The Labute approximate surface area is 128 Å². The van der Waals surface area contributed by atoms with E-state index in [2.05, 4.69) is 11.8 Å². The zero-order valence-corrected chi connectivity index (χ0v) is 13.4. The first kappa shape index (κ1) is 16.7. The predicted octanol–water partition coefficient (Wildman–Crippen LogP) is 1.22. The van der Waals surface area contributed by atoms with Gasteiger partial charge in [0, 0.05) is 45.2 Å². The van der Waals surface area contributed by atoms with E-state index in [1.165, 1.54) is 0 Å². The Morgan fingerprint density at radius 1 is 1.29 bits per heavy atom. The van der Waals surface area contributed by atoms with Crippen LogP contribution in [-0.4, -0.2) is 67.2 Å². The molecule has 2 saturated heterocycles. The van der Waals surface area contributed by atoms with Crippen LogP contribution in [0.1, 0.15) is 45.4 Å². The van der Waals surface area contributed by atoms with E-state index in [0.717, 1.165) is 64.9 Å². The average molecular weight is 297 g/mol. The summed E-state index contributed by atoms with van der Waals surface area (Å²) in [7, 11) is 0. The van der Waals surface area contributed by atoms with Gasteiger partial charge >= 0.3 is 0 Å². The van der Waals surface area contributed by atoms with Crippen molar-refractivity contribution in [3.8, 4) is 0 Å². The number of rotatable bonds is 7. The van der Waals surface area contributed by atoms with Gasteiger partial charge in [-0.3, -0.25) is 9.69 Å². The maximum absolute atomic E-state index is 12.3. The lowest BCUT2D eigenvalue weighted by atomic mass is 10.0. The Hall–Kier alpha value is -0.650. The van der Waals surface area contributed by atoms with Crippen LogP contribution in [0.15, 0.2) is 0 Å². The number of piperidine rings is 1. The van der Waals surface area contributed by atoms with E-state index >= 15 is 0 Å². The normalized spacial score (nSPS) is 25.2. The Morgan fingerprint density at radius 3 is 2.71 bits per heavy atom. The number of hydrogen-bond donors (Lipinski definition) is 1. The first-order valence-electron chi connectivity index (χ1n) is 8.58. The van der Waals surface area contributed by atoms with E-state index in [4.69, 9.17) is 10.5 Å². The van der Waals surface area contributed by atoms with E-state index in [1.54, 1.807) is 0 Å². The fourth-order valence-electron chi connectivity index (χ4n) is 3.38. The summed E-state index contributed by atoms with van der Waals surface area (Å²) in [4.78, 5) is 16.7. The van der Waals surface area contributed by atoms with Crippen LogP contribution in [0.4, 0.5) is 0 Å². The van der Waals surface area contributed by atoms with E-state index in [-0.39, 0.29) is 11.9 Å². The van der Waals surface area contributed by atoms with Crippen molar-refractivity contribution in [1.29, 1.82) is 0 Å². The molecular weight excluding hydrogens is 266 g/mol. The van der Waals surface area contributed by atoms with Crippen molar-refractivity contribution in [2.75, 3.05) is 39.3 Å². The number of nitrogens with two attached hydrogens (primary N) is 1. The Morgan fingerprint density at radius 2 is 2.05 bits per heavy atom. The highest BCUT2D eigenvalue weighted by molar-refractivity contribution is 5.77. The highest BCUT2D eigenvalue weighted by atomic mass is 16.5. The summed E-state index contributed by atoms with van der Waals surface area (Å²) in [5.41, 5.74) is 5.94. The zero-order valence-electron chi connectivity index (χ0n) is 13.4. The molecule has 2 unspecified atom stereocenters. The van der Waals surface area contributed by atoms with E-state index in [1.807, 2.05) is 4.90 Å². The summed E-state index contributed by atoms with van der Waals surface area (Å²) in [6.07, 6.45) is 6.51. The molecule has 2 aliphatic heterocycles. The van der Waals surface area contributed by atoms with E-state index in [0.29, 0.717) is 19.1 Å². The smallest absolute Gasteiger partial charge is 0.224 e. The molecule has 0 radical (unpaired) electrons. The third-order valence-corrected chi connectivity index (χ3v) is 4.62. The molecule has 0 aromatic heterocycles. The standard InChI is InChI=1S/C16H31N3O2/c1-2-10-21-15-6-5-9-19(13-15)14(12-17)11-16(20)18-7-3-4-8-18/h14-15H,2-13,17H2,1H3. The van der Waals surface area contributed by atoms with Crippen LogP contribution in [0, 0.1) is 0 Å². The van der Waals surface area contributed by atoms with Gasteiger partial charge in [-0.05, 0) is 38.6 Å². The maximum Gasteiger partial charge on any atom is 0.224 e. The molecule has 0 aliphatic carbocycles. The van der Waals surface area contributed by atoms with Crippen LogP contribution < -0.4 is 5.73 Å². The van der Waals surface area contributed by atoms with E-state index in [9.17, 15) is 4.79 Å². The van der Waals surface area contributed by atoms with Crippen LogP contribution in [0.2, 0.25) is 0 Å². The molecule has 0 aromatic rings. The SMILES string of the molecule is CCCOC1CCCN(C(CN)CC(=O)N2CCCC2)C1. The number of carbonyl (C=O) groups excluding carboxylic acids is 1. The van der Waals surface area contributed by atoms with Gasteiger partial charge in [-0.25, -0.2) is 0 Å². The quantitative estimate of drug-likeness (QED) is 0.767. The molecule has 0 bridgehead atoms. The molecule has 5 heteroatoms. The van der Waals surface area contributed by atoms with Crippen LogP contribution in [0.25, 0.3) is 0 Å². The molecule has 0 saturated carbocycles. The van der Waals surface area contributed by atoms with Gasteiger partial charge in [-0.1, -0.05) is 6.92 Å². The second kappa shape index (κ2) is 8.71. The second-order valence-electron chi connectivity index (χ2n) is 6.31. The lowest BCUT2D eigenvalue weighted by Crippen LogP contribution is -2.50. The van der Waals surface area contributed by atoms with Gasteiger partial charge in [0.1, 0.15) is 0 Å². The molecule has 2 atom stereocenters. The van der Waals surface area contributed by atoms with Gasteiger partial charge < -0.3 is 15.4 Å². The van der Waals surface area contributed by atoms with Crippen molar-refractivity contribution in [1.82, 2.24) is 9.80 Å². The van der Waals surface area contributed by atoms with E-state index < -0.39 is 0 Å². The summed E-state index contributed by atoms with van der Waals surface area (Å²) in [6, 6.07) is 0.172. The predicted molar refractivity (Wildman–Crippen MR) is 84.1 cm³/mol. The van der Waals surface area contributed by atoms with Crippen molar-refractivity contribution in [2.45, 2.75) is 57.6 Å². The minimum absolute atomic E-state index is 0.172. The lowest BCUT2D eigenvalue weighted by Gasteiger charge is -2.38. The zero-order chi connectivity index (χ0) is 15.1. The fraction of sp³-hybridized carbons (Fsp3) is 0.938. The Balaban J connectivity index is 1.82. The molecule has 2 heterocycles. The second-order valence-corrected chi connectivity index (χ2v) is 6.31. The number of nitrogens with zero attached hydrogens (tertiary/aromatic N) is 2. The molecule has 2 fully saturated rings. The molecule has 0 spiro atoms. The average Bonchev–Trinajstić information content (AvgIpc) is 3.05. The molecule has 122 valence electrons. The minimum Gasteiger partial charge on any atom is -0.377 e. The van der Waals surface area contributed by atoms with Gasteiger partial charge in [-0.2, -0.15) is 0 Å². The third kappa shape index (κ3) is 4.94. The molecular formula is C16H31N3O2. The number of hydrogen-bond acceptors (Lipinski definition) is 4. The molecule has 1 amide bonds. The molecule has 21 heavy (non-hydrogen) atoms. The summed E-state index contributed by atoms with van der Waals surface area (Å²) < 4.78 is 5.88. The van der Waals surface area contributed by atoms with Crippen LogP contribution >= 0.6 is 0 Å². The number of likely N-dealkylation sites (tertiary alicyclic amines) is 2. The van der Waals surface area contributed by atoms with Crippen molar-refractivity contribution in [3.63, 3.8) is 0 Å². The number of ether oxygens (including phenoxy) is 1. The van der Waals surface area contributed by atoms with Crippen LogP contribution in [0.3, 0.4) is 0 Å². The molecule has 2 rings (SSSR count). The van der Waals surface area contributed by atoms with Gasteiger partial charge in [0.05, 0.1) is 6.10 Å². The van der Waals surface area contributed by atoms with Crippen molar-refractivity contribution < 1.29 is 9.53 Å². The molecule has 5 nitrogen and oxygen atoms in total. The highest BCUT2D eigenvalue weighted by Gasteiger charge is 2.29. The number of amides is 1. The van der Waals surface area contributed by atoms with Crippen molar-refractivity contribution >= 4 is 5.91 Å². The monoisotopic (exact) mass is 297 g/mol. The van der Waals surface area contributed by atoms with Gasteiger partial charge in [0.25, 0.3) is 0 Å². The lowest BCUT2D eigenvalue weighted by molar-refractivity contribution is -0.131.